The van der Waals surface area contributed by atoms with Crippen LogP contribution in [-0.2, 0) is 4.79 Å². The molecule has 2 aliphatic heterocycles. The molecule has 0 spiro atoms. The second-order valence-corrected chi connectivity index (χ2v) is 10.6. The molecule has 6 rings (SSSR count). The van der Waals surface area contributed by atoms with Gasteiger partial charge in [0.2, 0.25) is 0 Å². The van der Waals surface area contributed by atoms with Crippen molar-refractivity contribution >= 4 is 57.0 Å². The second kappa shape index (κ2) is 7.03. The molecule has 2 unspecified atom stereocenters. The number of thiazole rings is 2. The van der Waals surface area contributed by atoms with Crippen molar-refractivity contribution in [3.8, 4) is 19.8 Å². The molecular formula is C20H12N4O2S4. The summed E-state index contributed by atoms with van der Waals surface area (Å²) in [4.78, 5) is 30.1. The second-order valence-electron chi connectivity index (χ2n) is 6.64. The first kappa shape index (κ1) is 18.3. The zero-order valence-corrected chi connectivity index (χ0v) is 18.4. The molecule has 2 N–H and O–H groups in total. The minimum atomic E-state index is -1.06. The molecule has 6 nitrogen and oxygen atoms in total. The van der Waals surface area contributed by atoms with Gasteiger partial charge in [-0.2, -0.15) is 0 Å². The van der Waals surface area contributed by atoms with Gasteiger partial charge in [-0.25, -0.2) is 15.0 Å². The molecule has 10 heteroatoms. The third-order valence-corrected chi connectivity index (χ3v) is 9.02. The van der Waals surface area contributed by atoms with Crippen LogP contribution in [0.3, 0.4) is 0 Å². The molecule has 6 heterocycles. The lowest BCUT2D eigenvalue weighted by atomic mass is 10.0. The number of aromatic nitrogens is 2. The number of hydrogen-bond donors (Lipinski definition) is 2. The van der Waals surface area contributed by atoms with Crippen molar-refractivity contribution in [3.05, 3.63) is 68.3 Å². The summed E-state index contributed by atoms with van der Waals surface area (Å²) in [5, 5.41) is 19.5. The van der Waals surface area contributed by atoms with Crippen LogP contribution in [0, 0.1) is 0 Å². The Kier molecular flexibility index (Phi) is 4.29. The summed E-state index contributed by atoms with van der Waals surface area (Å²) in [6, 6.07) is 7.58. The predicted octanol–water partition coefficient (Wildman–Crippen LogP) is 4.35. The number of nitrogens with zero attached hydrogens (tertiary/aromatic N) is 3. The van der Waals surface area contributed by atoms with Crippen LogP contribution in [0.1, 0.15) is 15.8 Å². The summed E-state index contributed by atoms with van der Waals surface area (Å²) in [5.74, 6) is -0.220. The average Bonchev–Trinajstić information content (AvgIpc) is 3.54. The van der Waals surface area contributed by atoms with Gasteiger partial charge >= 0.3 is 0 Å². The molecule has 0 fully saturated rings. The number of aliphatic hydroxyl groups excluding tert-OH is 1. The van der Waals surface area contributed by atoms with Gasteiger partial charge in [-0.15, -0.1) is 45.3 Å². The van der Waals surface area contributed by atoms with Gasteiger partial charge in [-0.05, 0) is 22.9 Å². The molecule has 30 heavy (non-hydrogen) atoms. The molecule has 2 atom stereocenters. The fourth-order valence-corrected chi connectivity index (χ4v) is 7.09. The number of carbonyl (C=O) groups excluding carboxylic acids is 1. The maximum absolute atomic E-state index is 12.9. The highest BCUT2D eigenvalue weighted by molar-refractivity contribution is 7.22. The minimum Gasteiger partial charge on any atom is -0.368 e. The lowest BCUT2D eigenvalue weighted by Crippen LogP contribution is -2.26. The molecule has 2 aliphatic rings. The van der Waals surface area contributed by atoms with Crippen LogP contribution < -0.4 is 5.32 Å². The van der Waals surface area contributed by atoms with Crippen molar-refractivity contribution in [1.29, 1.82) is 0 Å². The van der Waals surface area contributed by atoms with E-state index in [1.54, 1.807) is 35.1 Å². The minimum absolute atomic E-state index is 0.220. The molecule has 0 aromatic carbocycles. The van der Waals surface area contributed by atoms with E-state index in [4.69, 9.17) is 0 Å². The van der Waals surface area contributed by atoms with Crippen molar-refractivity contribution in [2.24, 2.45) is 4.99 Å². The summed E-state index contributed by atoms with van der Waals surface area (Å²) in [6.07, 6.45) is 2.44. The van der Waals surface area contributed by atoms with Crippen molar-refractivity contribution in [1.82, 2.24) is 15.3 Å². The molecule has 148 valence electrons. The van der Waals surface area contributed by atoms with E-state index in [-0.39, 0.29) is 5.91 Å². The van der Waals surface area contributed by atoms with Crippen LogP contribution in [0.25, 0.3) is 19.8 Å². The highest BCUT2D eigenvalue weighted by Crippen LogP contribution is 2.43. The lowest BCUT2D eigenvalue weighted by molar-refractivity contribution is -0.116. The first-order valence-corrected chi connectivity index (χ1v) is 12.4. The number of aliphatic hydroxyl groups is 1. The fraction of sp³-hybridized carbons (Fsp3) is 0.100. The van der Waals surface area contributed by atoms with Crippen LogP contribution in [0.15, 0.2) is 63.6 Å². The Morgan fingerprint density at radius 1 is 0.933 bits per heavy atom. The summed E-state index contributed by atoms with van der Waals surface area (Å²) >= 11 is 6.23. The van der Waals surface area contributed by atoms with E-state index >= 15 is 0 Å². The number of rotatable bonds is 4. The van der Waals surface area contributed by atoms with E-state index in [1.165, 1.54) is 22.7 Å². The van der Waals surface area contributed by atoms with E-state index in [1.807, 2.05) is 35.0 Å². The predicted molar refractivity (Wildman–Crippen MR) is 121 cm³/mol. The zero-order chi connectivity index (χ0) is 20.2. The topological polar surface area (TPSA) is 87.5 Å². The standard InChI is InChI=1S/C20H12N4O2S4/c25-17-13-14(16(24-17)12-8-22-20(30-12)10-4-2-6-28-10)18(26)23-15(13)11-7-21-19(29-11)9-3-1-5-27-9/h1-8,15,17,25H,(H,23,26). The monoisotopic (exact) mass is 468 g/mol. The van der Waals surface area contributed by atoms with Gasteiger partial charge in [0.25, 0.3) is 5.91 Å². The maximum Gasteiger partial charge on any atom is 0.254 e. The quantitative estimate of drug-likeness (QED) is 0.466. The normalized spacial score (nSPS) is 20.6. The summed E-state index contributed by atoms with van der Waals surface area (Å²) < 4.78 is 0. The third-order valence-electron chi connectivity index (χ3n) is 4.88. The Balaban J connectivity index is 1.36. The van der Waals surface area contributed by atoms with Crippen LogP contribution >= 0.6 is 45.3 Å². The van der Waals surface area contributed by atoms with Crippen molar-refractivity contribution in [3.63, 3.8) is 0 Å². The van der Waals surface area contributed by atoms with Crippen molar-refractivity contribution < 1.29 is 9.90 Å². The van der Waals surface area contributed by atoms with Crippen LogP contribution in [-0.4, -0.2) is 32.9 Å². The van der Waals surface area contributed by atoms with Crippen LogP contribution in [0.4, 0.5) is 0 Å². The molecule has 0 bridgehead atoms. The Morgan fingerprint density at radius 2 is 1.63 bits per heavy atom. The van der Waals surface area contributed by atoms with Gasteiger partial charge < -0.3 is 10.4 Å². The summed E-state index contributed by atoms with van der Waals surface area (Å²) in [6.45, 7) is 0. The van der Waals surface area contributed by atoms with E-state index in [9.17, 15) is 9.90 Å². The van der Waals surface area contributed by atoms with E-state index < -0.39 is 12.3 Å². The van der Waals surface area contributed by atoms with E-state index in [0.29, 0.717) is 16.9 Å². The molecular weight excluding hydrogens is 457 g/mol. The number of hydrogen-bond acceptors (Lipinski definition) is 9. The van der Waals surface area contributed by atoms with Gasteiger partial charge in [-0.3, -0.25) is 4.79 Å². The molecule has 0 saturated carbocycles. The Morgan fingerprint density at radius 3 is 2.33 bits per heavy atom. The molecule has 0 aliphatic carbocycles. The number of amides is 1. The van der Waals surface area contributed by atoms with Crippen LogP contribution in [0.5, 0.6) is 0 Å². The lowest BCUT2D eigenvalue weighted by Gasteiger charge is -2.14. The first-order chi connectivity index (χ1) is 14.7. The SMILES string of the molecule is O=C1NC(c2cnc(-c3cccs3)s2)C2=C1C(c1cnc(-c3cccs3)s1)=NC2O. The average molecular weight is 469 g/mol. The Labute approximate surface area is 186 Å². The summed E-state index contributed by atoms with van der Waals surface area (Å²) in [5.41, 5.74) is 1.57. The van der Waals surface area contributed by atoms with Crippen molar-refractivity contribution in [2.75, 3.05) is 0 Å². The molecule has 4 aromatic heterocycles. The van der Waals surface area contributed by atoms with Crippen LogP contribution in [0.2, 0.25) is 0 Å². The van der Waals surface area contributed by atoms with Gasteiger partial charge in [0.15, 0.2) is 6.23 Å². The molecule has 1 amide bonds. The fourth-order valence-electron chi connectivity index (χ4n) is 3.58. The highest BCUT2D eigenvalue weighted by atomic mass is 32.1. The number of nitrogens with one attached hydrogen (secondary N) is 1. The largest absolute Gasteiger partial charge is 0.368 e. The first-order valence-electron chi connectivity index (χ1n) is 9.00. The number of carbonyl (C=O) groups is 1. The van der Waals surface area contributed by atoms with Crippen molar-refractivity contribution in [2.45, 2.75) is 12.3 Å². The molecule has 0 radical (unpaired) electrons. The van der Waals surface area contributed by atoms with Gasteiger partial charge in [-0.1, -0.05) is 12.1 Å². The Hall–Kier alpha value is -2.50. The zero-order valence-electron chi connectivity index (χ0n) is 15.1. The Bertz CT molecular complexity index is 1310. The molecule has 4 aromatic rings. The summed E-state index contributed by atoms with van der Waals surface area (Å²) in [7, 11) is 0. The highest BCUT2D eigenvalue weighted by Gasteiger charge is 2.44. The van der Waals surface area contributed by atoms with E-state index in [0.717, 1.165) is 29.5 Å². The number of aliphatic imine (C=N–C) groups is 1. The maximum atomic E-state index is 12.9. The van der Waals surface area contributed by atoms with E-state index in [2.05, 4.69) is 20.3 Å². The third kappa shape index (κ3) is 2.83. The van der Waals surface area contributed by atoms with Gasteiger partial charge in [0, 0.05) is 18.0 Å². The molecule has 0 saturated heterocycles. The van der Waals surface area contributed by atoms with Gasteiger partial charge in [0.1, 0.15) is 10.0 Å². The van der Waals surface area contributed by atoms with Gasteiger partial charge in [0.05, 0.1) is 36.8 Å². The smallest absolute Gasteiger partial charge is 0.254 e. The number of thiophene rings is 2.